The molecule has 0 saturated heterocycles. The third kappa shape index (κ3) is 3.99. The number of hydrogen-bond donors (Lipinski definition) is 1. The molecule has 26 heavy (non-hydrogen) atoms. The lowest BCUT2D eigenvalue weighted by molar-refractivity contribution is -0.274. The number of furan rings is 1. The number of halogens is 3. The second-order valence-corrected chi connectivity index (χ2v) is 5.96. The van der Waals surface area contributed by atoms with E-state index in [2.05, 4.69) is 10.1 Å². The standard InChI is InChI=1S/C19H16F3NO3/c1-11-7-14-13(10-25-17(14)8-12(11)2)9-18(24)23-15-5-3-4-6-16(15)26-19(20,21)22/h3-8,10H,9H2,1-2H3,(H,23,24). The van der Waals surface area contributed by atoms with E-state index in [1.165, 1.54) is 24.5 Å². The lowest BCUT2D eigenvalue weighted by Crippen LogP contribution is -2.20. The quantitative estimate of drug-likeness (QED) is 0.699. The molecule has 0 fully saturated rings. The Balaban J connectivity index is 1.79. The fourth-order valence-electron chi connectivity index (χ4n) is 2.62. The predicted octanol–water partition coefficient (Wildman–Crippen LogP) is 5.13. The van der Waals surface area contributed by atoms with Crippen LogP contribution in [0.5, 0.6) is 5.75 Å². The fraction of sp³-hybridized carbons (Fsp3) is 0.211. The summed E-state index contributed by atoms with van der Waals surface area (Å²) >= 11 is 0. The van der Waals surface area contributed by atoms with Crippen molar-refractivity contribution in [2.75, 3.05) is 5.32 Å². The molecule has 136 valence electrons. The molecule has 3 rings (SSSR count). The number of nitrogens with one attached hydrogen (secondary N) is 1. The Morgan fingerprint density at radius 2 is 1.85 bits per heavy atom. The minimum absolute atomic E-state index is 0.0319. The van der Waals surface area contributed by atoms with E-state index in [0.717, 1.165) is 22.6 Å². The van der Waals surface area contributed by atoms with E-state index in [9.17, 15) is 18.0 Å². The first-order valence-electron chi connectivity index (χ1n) is 7.85. The van der Waals surface area contributed by atoms with Crippen molar-refractivity contribution in [3.05, 3.63) is 59.4 Å². The van der Waals surface area contributed by atoms with E-state index in [1.807, 2.05) is 26.0 Å². The zero-order chi connectivity index (χ0) is 18.9. The minimum Gasteiger partial charge on any atom is -0.464 e. The molecule has 0 radical (unpaired) electrons. The van der Waals surface area contributed by atoms with Crippen LogP contribution in [0.3, 0.4) is 0 Å². The SMILES string of the molecule is Cc1cc2occ(CC(=O)Nc3ccccc3OC(F)(F)F)c2cc1C. The first-order chi connectivity index (χ1) is 12.2. The molecule has 0 unspecified atom stereocenters. The highest BCUT2D eigenvalue weighted by atomic mass is 19.4. The van der Waals surface area contributed by atoms with Gasteiger partial charge in [0, 0.05) is 10.9 Å². The number of alkyl halides is 3. The van der Waals surface area contributed by atoms with Crippen molar-refractivity contribution >= 4 is 22.6 Å². The van der Waals surface area contributed by atoms with Crippen LogP contribution in [0.25, 0.3) is 11.0 Å². The van der Waals surface area contributed by atoms with Gasteiger partial charge < -0.3 is 14.5 Å². The molecule has 7 heteroatoms. The second kappa shape index (κ2) is 6.74. The Morgan fingerprint density at radius 1 is 1.15 bits per heavy atom. The maximum atomic E-state index is 12.5. The Bertz CT molecular complexity index is 960. The number of amides is 1. The molecule has 0 aliphatic carbocycles. The summed E-state index contributed by atoms with van der Waals surface area (Å²) in [6.45, 7) is 3.91. The molecule has 0 aliphatic heterocycles. The highest BCUT2D eigenvalue weighted by Gasteiger charge is 2.32. The predicted molar refractivity (Wildman–Crippen MR) is 91.1 cm³/mol. The van der Waals surface area contributed by atoms with Gasteiger partial charge in [0.2, 0.25) is 5.91 Å². The van der Waals surface area contributed by atoms with Crippen molar-refractivity contribution in [3.8, 4) is 5.75 Å². The van der Waals surface area contributed by atoms with Crippen LogP contribution >= 0.6 is 0 Å². The molecule has 1 amide bonds. The van der Waals surface area contributed by atoms with Crippen LogP contribution in [-0.4, -0.2) is 12.3 Å². The van der Waals surface area contributed by atoms with Crippen molar-refractivity contribution in [3.63, 3.8) is 0 Å². The number of carbonyl (C=O) groups excluding carboxylic acids is 1. The molecule has 0 aliphatic rings. The van der Waals surface area contributed by atoms with E-state index < -0.39 is 18.0 Å². The first kappa shape index (κ1) is 17.8. The van der Waals surface area contributed by atoms with E-state index in [1.54, 1.807) is 0 Å². The van der Waals surface area contributed by atoms with Gasteiger partial charge in [0.05, 0.1) is 18.4 Å². The topological polar surface area (TPSA) is 51.5 Å². The Kier molecular flexibility index (Phi) is 4.63. The number of anilines is 1. The number of ether oxygens (including phenoxy) is 1. The van der Waals surface area contributed by atoms with Crippen LogP contribution < -0.4 is 10.1 Å². The highest BCUT2D eigenvalue weighted by Crippen LogP contribution is 2.30. The summed E-state index contributed by atoms with van der Waals surface area (Å²) < 4.78 is 46.8. The third-order valence-electron chi connectivity index (χ3n) is 4.01. The lowest BCUT2D eigenvalue weighted by atomic mass is 10.0. The van der Waals surface area contributed by atoms with Crippen molar-refractivity contribution in [1.82, 2.24) is 0 Å². The van der Waals surface area contributed by atoms with Gasteiger partial charge in [-0.1, -0.05) is 12.1 Å². The van der Waals surface area contributed by atoms with Crippen LogP contribution in [0, 0.1) is 13.8 Å². The Morgan fingerprint density at radius 3 is 2.58 bits per heavy atom. The van der Waals surface area contributed by atoms with Crippen LogP contribution in [0.15, 0.2) is 47.1 Å². The van der Waals surface area contributed by atoms with Crippen LogP contribution in [0.2, 0.25) is 0 Å². The van der Waals surface area contributed by atoms with Crippen LogP contribution in [-0.2, 0) is 11.2 Å². The van der Waals surface area contributed by atoms with E-state index in [4.69, 9.17) is 4.42 Å². The number of fused-ring (bicyclic) bond motifs is 1. The summed E-state index contributed by atoms with van der Waals surface area (Å²) in [7, 11) is 0. The summed E-state index contributed by atoms with van der Waals surface area (Å²) in [6, 6.07) is 9.21. The first-order valence-corrected chi connectivity index (χ1v) is 7.85. The van der Waals surface area contributed by atoms with Gasteiger partial charge in [-0.3, -0.25) is 4.79 Å². The van der Waals surface area contributed by atoms with Gasteiger partial charge in [-0.15, -0.1) is 13.2 Å². The molecule has 0 saturated carbocycles. The summed E-state index contributed by atoms with van der Waals surface area (Å²) in [4.78, 5) is 12.3. The van der Waals surface area contributed by atoms with Gasteiger partial charge in [0.1, 0.15) is 5.58 Å². The van der Waals surface area contributed by atoms with E-state index in [0.29, 0.717) is 11.1 Å². The lowest BCUT2D eigenvalue weighted by Gasteiger charge is -2.13. The van der Waals surface area contributed by atoms with Crippen molar-refractivity contribution in [1.29, 1.82) is 0 Å². The number of rotatable bonds is 4. The Labute approximate surface area is 147 Å². The zero-order valence-corrected chi connectivity index (χ0v) is 14.1. The molecule has 0 spiro atoms. The maximum absolute atomic E-state index is 12.5. The molecule has 1 aromatic heterocycles. The van der Waals surface area contributed by atoms with Gasteiger partial charge in [0.15, 0.2) is 5.75 Å². The second-order valence-electron chi connectivity index (χ2n) is 5.96. The van der Waals surface area contributed by atoms with E-state index >= 15 is 0 Å². The molecule has 0 atom stereocenters. The van der Waals surface area contributed by atoms with E-state index in [-0.39, 0.29) is 12.1 Å². The average Bonchev–Trinajstić information content (AvgIpc) is 2.90. The van der Waals surface area contributed by atoms with Crippen molar-refractivity contribution < 1.29 is 27.1 Å². The summed E-state index contributed by atoms with van der Waals surface area (Å²) in [5, 5.41) is 3.26. The molecule has 1 N–H and O–H groups in total. The zero-order valence-electron chi connectivity index (χ0n) is 14.1. The summed E-state index contributed by atoms with van der Waals surface area (Å²) in [5.41, 5.74) is 3.41. The molecule has 2 aromatic carbocycles. The summed E-state index contributed by atoms with van der Waals surface area (Å²) in [5.74, 6) is -0.930. The number of para-hydroxylation sites is 2. The number of aryl methyl sites for hydroxylation is 2. The van der Waals surface area contributed by atoms with Gasteiger partial charge in [-0.2, -0.15) is 0 Å². The smallest absolute Gasteiger partial charge is 0.464 e. The molecule has 1 heterocycles. The van der Waals surface area contributed by atoms with Gasteiger partial charge in [-0.25, -0.2) is 0 Å². The van der Waals surface area contributed by atoms with Gasteiger partial charge in [0.25, 0.3) is 0 Å². The molecule has 0 bridgehead atoms. The van der Waals surface area contributed by atoms with Gasteiger partial charge in [-0.05, 0) is 49.2 Å². The maximum Gasteiger partial charge on any atom is 0.573 e. The molecular formula is C19H16F3NO3. The largest absolute Gasteiger partial charge is 0.573 e. The molecular weight excluding hydrogens is 347 g/mol. The highest BCUT2D eigenvalue weighted by molar-refractivity contribution is 5.96. The summed E-state index contributed by atoms with van der Waals surface area (Å²) in [6.07, 6.45) is -3.38. The average molecular weight is 363 g/mol. The number of hydrogen-bond acceptors (Lipinski definition) is 3. The molecule has 3 aromatic rings. The fourth-order valence-corrected chi connectivity index (χ4v) is 2.62. The van der Waals surface area contributed by atoms with Gasteiger partial charge >= 0.3 is 6.36 Å². The number of benzene rings is 2. The normalized spacial score (nSPS) is 11.6. The van der Waals surface area contributed by atoms with Crippen LogP contribution in [0.1, 0.15) is 16.7 Å². The Hall–Kier alpha value is -2.96. The minimum atomic E-state index is -4.84. The molecule has 4 nitrogen and oxygen atoms in total. The monoisotopic (exact) mass is 363 g/mol. The van der Waals surface area contributed by atoms with Crippen LogP contribution in [0.4, 0.5) is 18.9 Å². The van der Waals surface area contributed by atoms with Crippen molar-refractivity contribution in [2.24, 2.45) is 0 Å². The van der Waals surface area contributed by atoms with Crippen molar-refractivity contribution in [2.45, 2.75) is 26.6 Å². The third-order valence-corrected chi connectivity index (χ3v) is 4.01. The number of carbonyl (C=O) groups is 1.